The minimum atomic E-state index is -0.341. The molecule has 3 rings (SSSR count). The highest BCUT2D eigenvalue weighted by Gasteiger charge is 2.24. The summed E-state index contributed by atoms with van der Waals surface area (Å²) in [6.07, 6.45) is 2.96. The van der Waals surface area contributed by atoms with Crippen molar-refractivity contribution in [1.29, 1.82) is 0 Å². The monoisotopic (exact) mass is 280 g/mol. The van der Waals surface area contributed by atoms with Gasteiger partial charge >= 0.3 is 5.97 Å². The standard InChI is InChI=1S/C13H13FN2O2S/c1-2-18-13(17)11-6-8-10(19-11)4-3-5-16-12(8)9(14)7-15-16/h6-7H,2-5H2,1H3. The van der Waals surface area contributed by atoms with Gasteiger partial charge in [-0.1, -0.05) is 0 Å². The third-order valence-corrected chi connectivity index (χ3v) is 4.28. The molecule has 4 nitrogen and oxygen atoms in total. The second-order valence-electron chi connectivity index (χ2n) is 4.34. The van der Waals surface area contributed by atoms with E-state index in [1.807, 2.05) is 0 Å². The topological polar surface area (TPSA) is 44.1 Å². The molecule has 0 aliphatic carbocycles. The molecule has 0 spiro atoms. The van der Waals surface area contributed by atoms with Crippen LogP contribution in [0.4, 0.5) is 4.39 Å². The molecule has 0 saturated carbocycles. The predicted octanol–water partition coefficient (Wildman–Crippen LogP) is 2.87. The molecule has 0 amide bonds. The number of thiophene rings is 1. The van der Waals surface area contributed by atoms with Gasteiger partial charge in [0.15, 0.2) is 5.82 Å². The van der Waals surface area contributed by atoms with E-state index in [1.165, 1.54) is 17.5 Å². The predicted molar refractivity (Wildman–Crippen MR) is 69.8 cm³/mol. The van der Waals surface area contributed by atoms with Gasteiger partial charge in [-0.2, -0.15) is 5.10 Å². The molecule has 0 unspecified atom stereocenters. The molecule has 2 aromatic heterocycles. The maximum absolute atomic E-state index is 13.9. The molecular weight excluding hydrogens is 267 g/mol. The van der Waals surface area contributed by atoms with E-state index in [0.29, 0.717) is 23.7 Å². The van der Waals surface area contributed by atoms with Gasteiger partial charge in [0.2, 0.25) is 0 Å². The van der Waals surface area contributed by atoms with Gasteiger partial charge in [0.25, 0.3) is 0 Å². The largest absolute Gasteiger partial charge is 0.462 e. The zero-order valence-corrected chi connectivity index (χ0v) is 11.3. The Kier molecular flexibility index (Phi) is 3.10. The molecule has 0 N–H and O–H groups in total. The summed E-state index contributed by atoms with van der Waals surface area (Å²) in [5.74, 6) is -0.677. The number of hydrogen-bond donors (Lipinski definition) is 0. The molecule has 0 aromatic carbocycles. The Labute approximate surface area is 113 Å². The second-order valence-corrected chi connectivity index (χ2v) is 5.47. The van der Waals surface area contributed by atoms with Crippen molar-refractivity contribution in [2.75, 3.05) is 6.61 Å². The maximum Gasteiger partial charge on any atom is 0.348 e. The van der Waals surface area contributed by atoms with E-state index in [2.05, 4.69) is 5.10 Å². The Morgan fingerprint density at radius 1 is 1.63 bits per heavy atom. The number of nitrogens with zero attached hydrogens (tertiary/aromatic N) is 2. The summed E-state index contributed by atoms with van der Waals surface area (Å²) in [6, 6.07) is 1.72. The minimum Gasteiger partial charge on any atom is -0.462 e. The molecule has 1 aliphatic rings. The number of rotatable bonds is 2. The number of carbonyl (C=O) groups excluding carboxylic acids is 1. The molecule has 0 atom stereocenters. The van der Waals surface area contributed by atoms with Crippen LogP contribution in [0.5, 0.6) is 0 Å². The number of aryl methyl sites for hydroxylation is 2. The first-order valence-electron chi connectivity index (χ1n) is 6.22. The number of ether oxygens (including phenoxy) is 1. The first-order valence-corrected chi connectivity index (χ1v) is 7.04. The first-order chi connectivity index (χ1) is 9.20. The van der Waals surface area contributed by atoms with E-state index >= 15 is 0 Å². The number of aromatic nitrogens is 2. The lowest BCUT2D eigenvalue weighted by Gasteiger charge is -2.01. The summed E-state index contributed by atoms with van der Waals surface area (Å²) in [6.45, 7) is 2.81. The molecule has 100 valence electrons. The normalized spacial score (nSPS) is 13.6. The third-order valence-electron chi connectivity index (χ3n) is 3.11. The molecule has 6 heteroatoms. The zero-order valence-electron chi connectivity index (χ0n) is 10.5. The van der Waals surface area contributed by atoms with Crippen LogP contribution in [0.1, 0.15) is 27.9 Å². The van der Waals surface area contributed by atoms with Crippen molar-refractivity contribution in [2.24, 2.45) is 0 Å². The molecule has 0 bridgehead atoms. The van der Waals surface area contributed by atoms with Gasteiger partial charge in [0, 0.05) is 17.0 Å². The fourth-order valence-corrected chi connectivity index (χ4v) is 3.40. The highest BCUT2D eigenvalue weighted by molar-refractivity contribution is 7.14. The lowest BCUT2D eigenvalue weighted by molar-refractivity contribution is 0.0532. The van der Waals surface area contributed by atoms with Gasteiger partial charge in [-0.3, -0.25) is 4.68 Å². The Morgan fingerprint density at radius 3 is 3.26 bits per heavy atom. The maximum atomic E-state index is 13.9. The quantitative estimate of drug-likeness (QED) is 0.794. The van der Waals surface area contributed by atoms with E-state index < -0.39 is 0 Å². The van der Waals surface area contributed by atoms with Crippen LogP contribution < -0.4 is 0 Å². The van der Waals surface area contributed by atoms with E-state index in [4.69, 9.17) is 4.74 Å². The number of hydrogen-bond acceptors (Lipinski definition) is 4. The molecule has 0 saturated heterocycles. The van der Waals surface area contributed by atoms with Crippen LogP contribution >= 0.6 is 11.3 Å². The highest BCUT2D eigenvalue weighted by Crippen LogP contribution is 2.36. The number of halogens is 1. The Bertz CT molecular complexity index is 633. The average molecular weight is 280 g/mol. The van der Waals surface area contributed by atoms with Crippen molar-refractivity contribution in [2.45, 2.75) is 26.3 Å². The van der Waals surface area contributed by atoms with Crippen LogP contribution in [0, 0.1) is 5.82 Å². The Balaban J connectivity index is 2.08. The molecular formula is C13H13FN2O2S. The van der Waals surface area contributed by atoms with Crippen molar-refractivity contribution >= 4 is 17.3 Å². The highest BCUT2D eigenvalue weighted by atomic mass is 32.1. The van der Waals surface area contributed by atoms with Crippen LogP contribution in [0.3, 0.4) is 0 Å². The van der Waals surface area contributed by atoms with Crippen molar-refractivity contribution in [1.82, 2.24) is 9.78 Å². The van der Waals surface area contributed by atoms with Crippen molar-refractivity contribution in [3.05, 3.63) is 27.8 Å². The SMILES string of the molecule is CCOC(=O)c1cc2c(s1)CCCn1ncc(F)c1-2. The van der Waals surface area contributed by atoms with Crippen LogP contribution in [0.25, 0.3) is 11.3 Å². The second kappa shape index (κ2) is 4.77. The van der Waals surface area contributed by atoms with E-state index in [9.17, 15) is 9.18 Å². The van der Waals surface area contributed by atoms with Crippen molar-refractivity contribution in [3.8, 4) is 11.3 Å². The lowest BCUT2D eigenvalue weighted by atomic mass is 10.1. The van der Waals surface area contributed by atoms with Crippen molar-refractivity contribution < 1.29 is 13.9 Å². The zero-order chi connectivity index (χ0) is 13.4. The summed E-state index contributed by atoms with van der Waals surface area (Å²) in [5, 5.41) is 4.04. The number of fused-ring (bicyclic) bond motifs is 3. The van der Waals surface area contributed by atoms with Gasteiger partial charge in [-0.25, -0.2) is 9.18 Å². The van der Waals surface area contributed by atoms with Crippen molar-refractivity contribution in [3.63, 3.8) is 0 Å². The minimum absolute atomic E-state index is 0.337. The summed E-state index contributed by atoms with van der Waals surface area (Å²) < 4.78 is 20.5. The molecule has 19 heavy (non-hydrogen) atoms. The van der Waals surface area contributed by atoms with Crippen LogP contribution in [-0.4, -0.2) is 22.4 Å². The molecule has 2 aromatic rings. The number of esters is 1. The van der Waals surface area contributed by atoms with E-state index in [1.54, 1.807) is 17.7 Å². The van der Waals surface area contributed by atoms with Crippen LogP contribution in [-0.2, 0) is 17.7 Å². The van der Waals surface area contributed by atoms with Gasteiger partial charge in [0.05, 0.1) is 12.8 Å². The van der Waals surface area contributed by atoms with Crippen LogP contribution in [0.15, 0.2) is 12.3 Å². The van der Waals surface area contributed by atoms with E-state index in [0.717, 1.165) is 23.3 Å². The third kappa shape index (κ3) is 2.06. The Morgan fingerprint density at radius 2 is 2.47 bits per heavy atom. The van der Waals surface area contributed by atoms with Gasteiger partial charge in [-0.15, -0.1) is 11.3 Å². The smallest absolute Gasteiger partial charge is 0.348 e. The molecule has 3 heterocycles. The van der Waals surface area contributed by atoms with Gasteiger partial charge in [-0.05, 0) is 25.8 Å². The Hall–Kier alpha value is -1.69. The van der Waals surface area contributed by atoms with Gasteiger partial charge < -0.3 is 4.74 Å². The van der Waals surface area contributed by atoms with E-state index in [-0.39, 0.29) is 11.8 Å². The van der Waals surface area contributed by atoms with Crippen LogP contribution in [0.2, 0.25) is 0 Å². The molecule has 0 fully saturated rings. The average Bonchev–Trinajstić information content (AvgIpc) is 2.90. The summed E-state index contributed by atoms with van der Waals surface area (Å²) in [4.78, 5) is 13.3. The summed E-state index contributed by atoms with van der Waals surface area (Å²) >= 11 is 1.39. The summed E-state index contributed by atoms with van der Waals surface area (Å²) in [7, 11) is 0. The fraction of sp³-hybridized carbons (Fsp3) is 0.385. The lowest BCUT2D eigenvalue weighted by Crippen LogP contribution is -2.02. The molecule has 1 aliphatic heterocycles. The van der Waals surface area contributed by atoms with Gasteiger partial charge in [0.1, 0.15) is 10.6 Å². The molecule has 0 radical (unpaired) electrons. The fourth-order valence-electron chi connectivity index (χ4n) is 2.31. The number of carbonyl (C=O) groups is 1. The first kappa shape index (κ1) is 12.3. The summed E-state index contributed by atoms with van der Waals surface area (Å²) in [5.41, 5.74) is 1.26.